The van der Waals surface area contributed by atoms with Gasteiger partial charge in [0, 0.05) is 44.5 Å². The molecule has 9 heterocycles. The van der Waals surface area contributed by atoms with Gasteiger partial charge in [0.05, 0.1) is 74.1 Å². The fourth-order valence-corrected chi connectivity index (χ4v) is 12.2. The molecule has 16 bridgehead atoms. The zero-order chi connectivity index (χ0) is 57.8. The smallest absolute Gasteiger partial charge is 0.111 e. The van der Waals surface area contributed by atoms with Gasteiger partial charge in [0.2, 0.25) is 0 Å². The number of aromatic nitrogens is 1. The maximum atomic E-state index is 5.56. The Bertz CT molecular complexity index is 4770. The molecule has 0 fully saturated rings. The van der Waals surface area contributed by atoms with Crippen LogP contribution in [0.4, 0.5) is 0 Å². The van der Waals surface area contributed by atoms with Gasteiger partial charge < -0.3 is 10.3 Å². The molecule has 410 valence electrons. The van der Waals surface area contributed by atoms with Gasteiger partial charge in [-0.25, -0.2) is 20.0 Å². The van der Waals surface area contributed by atoms with Crippen LogP contribution in [-0.4, -0.2) is 51.3 Å². The van der Waals surface area contributed by atoms with E-state index in [1.165, 1.54) is 22.3 Å². The first-order valence-corrected chi connectivity index (χ1v) is 29.3. The lowest BCUT2D eigenvalue weighted by atomic mass is 9.97. The van der Waals surface area contributed by atoms with Gasteiger partial charge in [-0.3, -0.25) is 9.98 Å². The van der Waals surface area contributed by atoms with E-state index in [0.717, 1.165) is 146 Å². The van der Waals surface area contributed by atoms with Gasteiger partial charge in [-0.15, -0.1) is 0 Å². The van der Waals surface area contributed by atoms with Gasteiger partial charge >= 0.3 is 0 Å². The molecule has 8 aliphatic heterocycles. The van der Waals surface area contributed by atoms with Crippen molar-refractivity contribution in [3.05, 3.63) is 350 Å². The van der Waals surface area contributed by atoms with Crippen LogP contribution in [-0.2, 0) is 0 Å². The number of nitrogens with one attached hydrogen (secondary N) is 2. The zero-order valence-electron chi connectivity index (χ0n) is 48.1. The van der Waals surface area contributed by atoms with Crippen LogP contribution in [0.1, 0.15) is 55.6 Å². The average Bonchev–Trinajstić information content (AvgIpc) is 2.70. The van der Waals surface area contributed by atoms with Gasteiger partial charge in [0.25, 0.3) is 0 Å². The standard InChI is InChI=1S/C78H58N8/c1-47-15-23-53(24-16-47)75-61-35-31-57(79-61)58-32-36-62(80-58)76(54-25-17-48(2)18-26-54)71-45-41-67(85-71)74(52-13-9-6-10-14-52)68-42-46-72(86-68)78(56-29-21-50(4)22-30-56)64-38-34-60(82-64)59-33-37-63(81-59)77(55-27-19-49(3)20-28-55)70-44-40-66(84-70)73(51-11-7-5-8-12-51)65-39-43-69(75)83-65/h5-46,57,70,81,84H,1-4H3/b60-59?,73-66?,74-67?,75-69?,76-62-,77-63-,78-72-. The Morgan fingerprint density at radius 2 is 0.698 bits per heavy atom. The van der Waals surface area contributed by atoms with Crippen molar-refractivity contribution in [3.63, 3.8) is 0 Å². The largest absolute Gasteiger partial charge is 0.374 e. The third kappa shape index (κ3) is 9.76. The van der Waals surface area contributed by atoms with Crippen LogP contribution >= 0.6 is 0 Å². The van der Waals surface area contributed by atoms with Crippen LogP contribution in [0.15, 0.2) is 313 Å². The molecule has 15 rings (SSSR count). The minimum atomic E-state index is -0.328. The summed E-state index contributed by atoms with van der Waals surface area (Å²) in [7, 11) is 0. The number of rotatable bonds is 6. The van der Waals surface area contributed by atoms with Crippen molar-refractivity contribution in [2.45, 2.75) is 39.8 Å². The van der Waals surface area contributed by atoms with E-state index in [0.29, 0.717) is 0 Å². The first kappa shape index (κ1) is 51.9. The Morgan fingerprint density at radius 3 is 1.21 bits per heavy atom. The van der Waals surface area contributed by atoms with Crippen molar-refractivity contribution in [1.29, 1.82) is 0 Å². The summed E-state index contributed by atoms with van der Waals surface area (Å²) in [5.41, 5.74) is 26.9. The maximum absolute atomic E-state index is 5.56. The predicted molar refractivity (Wildman–Crippen MR) is 357 cm³/mol. The number of benzene rings is 6. The van der Waals surface area contributed by atoms with Crippen molar-refractivity contribution in [2.75, 3.05) is 0 Å². The molecule has 86 heavy (non-hydrogen) atoms. The normalized spacial score (nSPS) is 21.6. The molecular weight excluding hydrogens is 1050 g/mol. The lowest BCUT2D eigenvalue weighted by Crippen LogP contribution is -2.30. The minimum Gasteiger partial charge on any atom is -0.374 e. The van der Waals surface area contributed by atoms with E-state index >= 15 is 0 Å². The molecule has 8 heteroatoms. The van der Waals surface area contributed by atoms with Crippen molar-refractivity contribution in [3.8, 4) is 0 Å². The number of aryl methyl sites for hydroxylation is 4. The zero-order valence-corrected chi connectivity index (χ0v) is 48.1. The highest BCUT2D eigenvalue weighted by Gasteiger charge is 2.30. The average molecular weight is 1110 g/mol. The molecule has 0 aliphatic carbocycles. The molecule has 2 atom stereocenters. The second-order valence-corrected chi connectivity index (χ2v) is 22.6. The summed E-state index contributed by atoms with van der Waals surface area (Å²) < 4.78 is 0. The number of H-pyrrole nitrogens is 1. The third-order valence-electron chi connectivity index (χ3n) is 16.7. The SMILES string of the molecule is Cc1ccc(C2=C3C=CC(=N3)C(c3ccccc3)=C3C=CC(N3)/C(c3ccc(C)cc3)=c3/ccc([nH]3)=C3C=CC(=N3)/C(c3ccc(C)cc3)=C3/C=CC(=N3)C(c3ccccc3)=C3C=CC(=N3)/C(c3ccc(C)cc3)=C3/C=CC(=N3)C3C=CC2=N3)cc1. The van der Waals surface area contributed by atoms with Gasteiger partial charge in [-0.2, -0.15) is 0 Å². The number of nitrogens with zero attached hydrogens (tertiary/aromatic N) is 6. The van der Waals surface area contributed by atoms with E-state index in [9.17, 15) is 0 Å². The molecule has 0 saturated heterocycles. The van der Waals surface area contributed by atoms with E-state index in [4.69, 9.17) is 30.0 Å². The quantitative estimate of drug-likeness (QED) is 0.170. The van der Waals surface area contributed by atoms with Crippen LogP contribution in [0.2, 0.25) is 0 Å². The summed E-state index contributed by atoms with van der Waals surface area (Å²) in [5.74, 6) is 0. The number of fused-ring (bicyclic) bond motifs is 11. The predicted octanol–water partition coefficient (Wildman–Crippen LogP) is 14.6. The minimum absolute atomic E-state index is 0.191. The highest BCUT2D eigenvalue weighted by Crippen LogP contribution is 2.39. The second-order valence-electron chi connectivity index (χ2n) is 22.6. The molecule has 7 aromatic rings. The van der Waals surface area contributed by atoms with Crippen LogP contribution in [0, 0.1) is 27.7 Å². The first-order chi connectivity index (χ1) is 42.2. The second kappa shape index (κ2) is 21.7. The molecule has 6 aromatic carbocycles. The monoisotopic (exact) mass is 1110 g/mol. The van der Waals surface area contributed by atoms with Crippen molar-refractivity contribution >= 4 is 73.4 Å². The molecule has 2 unspecified atom stereocenters. The Morgan fingerprint density at radius 1 is 0.302 bits per heavy atom. The van der Waals surface area contributed by atoms with E-state index in [1.807, 2.05) is 6.07 Å². The molecule has 1 aromatic heterocycles. The fraction of sp³-hybridized carbons (Fsp3) is 0.0769. The molecule has 0 saturated carbocycles. The van der Waals surface area contributed by atoms with Gasteiger partial charge in [0.1, 0.15) is 6.04 Å². The van der Waals surface area contributed by atoms with Gasteiger partial charge in [0.15, 0.2) is 0 Å². The Labute approximate surface area is 500 Å². The van der Waals surface area contributed by atoms with E-state index in [2.05, 4.69) is 287 Å². The number of allylic oxidation sites excluding steroid dienone is 15. The fourth-order valence-electron chi connectivity index (χ4n) is 12.2. The van der Waals surface area contributed by atoms with Gasteiger partial charge in [-0.1, -0.05) is 192 Å². The summed E-state index contributed by atoms with van der Waals surface area (Å²) >= 11 is 0. The van der Waals surface area contributed by atoms with Crippen LogP contribution in [0.5, 0.6) is 0 Å². The van der Waals surface area contributed by atoms with Crippen LogP contribution in [0.3, 0.4) is 0 Å². The summed E-state index contributed by atoms with van der Waals surface area (Å²) in [6, 6.07) is 59.6. The number of aromatic amines is 1. The molecule has 0 amide bonds. The summed E-state index contributed by atoms with van der Waals surface area (Å²) in [5, 5.41) is 5.90. The lowest BCUT2D eigenvalue weighted by Gasteiger charge is -2.18. The highest BCUT2D eigenvalue weighted by atomic mass is 15.0. The molecule has 2 N–H and O–H groups in total. The van der Waals surface area contributed by atoms with E-state index < -0.39 is 0 Å². The Balaban J connectivity index is 0.963. The number of aliphatic imine (C=N–C) groups is 6. The number of hydrogen-bond donors (Lipinski definition) is 2. The number of hydrogen-bond acceptors (Lipinski definition) is 7. The summed E-state index contributed by atoms with van der Waals surface area (Å²) in [4.78, 5) is 36.8. The lowest BCUT2D eigenvalue weighted by molar-refractivity contribution is 0.857. The summed E-state index contributed by atoms with van der Waals surface area (Å²) in [6.07, 6.45) is 30.0. The van der Waals surface area contributed by atoms with Crippen molar-refractivity contribution in [2.24, 2.45) is 30.0 Å². The van der Waals surface area contributed by atoms with E-state index in [-0.39, 0.29) is 12.1 Å². The Hall–Kier alpha value is -11.0. The van der Waals surface area contributed by atoms with Crippen LogP contribution < -0.4 is 16.0 Å². The highest BCUT2D eigenvalue weighted by molar-refractivity contribution is 6.39. The molecular formula is C78H58N8. The maximum Gasteiger partial charge on any atom is 0.111 e. The molecule has 8 nitrogen and oxygen atoms in total. The van der Waals surface area contributed by atoms with E-state index in [1.54, 1.807) is 0 Å². The molecule has 0 spiro atoms. The van der Waals surface area contributed by atoms with Crippen molar-refractivity contribution in [1.82, 2.24) is 10.3 Å². The Kier molecular flexibility index (Phi) is 13.1. The molecule has 8 aliphatic rings. The van der Waals surface area contributed by atoms with Gasteiger partial charge in [-0.05, 0) is 146 Å². The van der Waals surface area contributed by atoms with Crippen molar-refractivity contribution < 1.29 is 0 Å². The summed E-state index contributed by atoms with van der Waals surface area (Å²) in [6.45, 7) is 8.48. The topological polar surface area (TPSA) is 102 Å². The third-order valence-corrected chi connectivity index (χ3v) is 16.7. The molecule has 0 radical (unpaired) electrons. The first-order valence-electron chi connectivity index (χ1n) is 29.3. The van der Waals surface area contributed by atoms with Crippen LogP contribution in [0.25, 0.3) is 39.1 Å².